The van der Waals surface area contributed by atoms with Crippen molar-refractivity contribution in [3.05, 3.63) is 48.1 Å². The molecule has 0 saturated carbocycles. The first-order chi connectivity index (χ1) is 9.78. The number of hydrogen-bond acceptors (Lipinski definition) is 3. The summed E-state index contributed by atoms with van der Waals surface area (Å²) in [6, 6.07) is 4.41. The molecule has 20 heavy (non-hydrogen) atoms. The van der Waals surface area contributed by atoms with Crippen LogP contribution in [0.25, 0.3) is 17.1 Å². The van der Waals surface area contributed by atoms with Gasteiger partial charge in [0.2, 0.25) is 0 Å². The van der Waals surface area contributed by atoms with Gasteiger partial charge < -0.3 is 4.57 Å². The van der Waals surface area contributed by atoms with Gasteiger partial charge in [0.25, 0.3) is 0 Å². The number of halogens is 2. The zero-order valence-corrected chi connectivity index (χ0v) is 10.3. The van der Waals surface area contributed by atoms with Crippen LogP contribution in [-0.4, -0.2) is 24.3 Å². The SMILES string of the molecule is FCc1ncn2c1Cn1ncnc1-c1cc(F)ccc1-2. The van der Waals surface area contributed by atoms with Crippen LogP contribution >= 0.6 is 0 Å². The summed E-state index contributed by atoms with van der Waals surface area (Å²) < 4.78 is 30.0. The maximum atomic E-state index is 13.5. The van der Waals surface area contributed by atoms with Crippen molar-refractivity contribution in [1.82, 2.24) is 24.3 Å². The average Bonchev–Trinajstić information content (AvgIpc) is 3.04. The average molecular weight is 273 g/mol. The van der Waals surface area contributed by atoms with E-state index in [0.717, 1.165) is 5.69 Å². The highest BCUT2D eigenvalue weighted by Crippen LogP contribution is 2.31. The second kappa shape index (κ2) is 3.96. The van der Waals surface area contributed by atoms with Crippen molar-refractivity contribution < 1.29 is 8.78 Å². The minimum absolute atomic E-state index is 0.352. The molecule has 100 valence electrons. The molecule has 0 atom stereocenters. The number of benzene rings is 1. The van der Waals surface area contributed by atoms with Crippen molar-refractivity contribution in [3.8, 4) is 17.1 Å². The van der Waals surface area contributed by atoms with Gasteiger partial charge >= 0.3 is 0 Å². The molecular formula is C13H9F2N5. The monoisotopic (exact) mass is 273 g/mol. The van der Waals surface area contributed by atoms with Gasteiger partial charge in [0.15, 0.2) is 5.82 Å². The third kappa shape index (κ3) is 1.43. The topological polar surface area (TPSA) is 48.5 Å². The fourth-order valence-electron chi connectivity index (χ4n) is 2.53. The Morgan fingerprint density at radius 2 is 2.15 bits per heavy atom. The molecule has 7 heteroatoms. The molecule has 4 rings (SSSR count). The van der Waals surface area contributed by atoms with Crippen molar-refractivity contribution in [2.45, 2.75) is 13.2 Å². The number of rotatable bonds is 1. The smallest absolute Gasteiger partial charge is 0.160 e. The van der Waals surface area contributed by atoms with E-state index in [4.69, 9.17) is 0 Å². The predicted molar refractivity (Wildman–Crippen MR) is 66.5 cm³/mol. The van der Waals surface area contributed by atoms with Gasteiger partial charge in [-0.25, -0.2) is 23.4 Å². The summed E-state index contributed by atoms with van der Waals surface area (Å²) in [6.07, 6.45) is 2.96. The van der Waals surface area contributed by atoms with Gasteiger partial charge in [-0.05, 0) is 18.2 Å². The molecule has 0 spiro atoms. The van der Waals surface area contributed by atoms with Gasteiger partial charge in [0, 0.05) is 5.56 Å². The summed E-state index contributed by atoms with van der Waals surface area (Å²) in [7, 11) is 0. The molecule has 0 N–H and O–H groups in total. The fraction of sp³-hybridized carbons (Fsp3) is 0.154. The molecule has 0 aliphatic carbocycles. The molecule has 3 aromatic rings. The van der Waals surface area contributed by atoms with E-state index in [1.165, 1.54) is 18.5 Å². The largest absolute Gasteiger partial charge is 0.300 e. The van der Waals surface area contributed by atoms with Crippen LogP contribution in [0.5, 0.6) is 0 Å². The van der Waals surface area contributed by atoms with Gasteiger partial charge in [-0.3, -0.25) is 0 Å². The van der Waals surface area contributed by atoms with Crippen LogP contribution in [0.1, 0.15) is 11.4 Å². The quantitative estimate of drug-likeness (QED) is 0.533. The second-order valence-corrected chi connectivity index (χ2v) is 4.54. The molecule has 0 bridgehead atoms. The van der Waals surface area contributed by atoms with Gasteiger partial charge in [-0.1, -0.05) is 0 Å². The van der Waals surface area contributed by atoms with E-state index in [1.807, 2.05) is 0 Å². The molecule has 5 nitrogen and oxygen atoms in total. The lowest BCUT2D eigenvalue weighted by Crippen LogP contribution is -2.06. The number of alkyl halides is 1. The van der Waals surface area contributed by atoms with Gasteiger partial charge in [-0.15, -0.1) is 0 Å². The summed E-state index contributed by atoms with van der Waals surface area (Å²) in [5.41, 5.74) is 2.40. The lowest BCUT2D eigenvalue weighted by Gasteiger charge is -2.08. The summed E-state index contributed by atoms with van der Waals surface area (Å²) in [5, 5.41) is 4.12. The summed E-state index contributed by atoms with van der Waals surface area (Å²) in [5.74, 6) is 0.209. The number of aromatic nitrogens is 5. The molecule has 0 saturated heterocycles. The number of imidazole rings is 1. The van der Waals surface area contributed by atoms with Crippen LogP contribution in [0.4, 0.5) is 8.78 Å². The van der Waals surface area contributed by atoms with Crippen LogP contribution < -0.4 is 0 Å². The van der Waals surface area contributed by atoms with E-state index in [-0.39, 0.29) is 5.82 Å². The molecule has 0 amide bonds. The Hall–Kier alpha value is -2.57. The molecule has 1 aliphatic rings. The van der Waals surface area contributed by atoms with E-state index in [9.17, 15) is 8.78 Å². The number of fused-ring (bicyclic) bond motifs is 5. The van der Waals surface area contributed by atoms with Crippen molar-refractivity contribution >= 4 is 0 Å². The fourth-order valence-corrected chi connectivity index (χ4v) is 2.53. The third-order valence-electron chi connectivity index (χ3n) is 3.45. The summed E-state index contributed by atoms with van der Waals surface area (Å²) in [6.45, 7) is -0.298. The zero-order chi connectivity index (χ0) is 13.7. The molecule has 0 radical (unpaired) electrons. The standard InChI is InChI=1S/C13H9F2N5/c14-4-10-12-5-20-13(16-6-18-20)9-3-8(15)1-2-11(9)19(12)7-17-10/h1-3,6-7H,4-5H2. The van der Waals surface area contributed by atoms with Crippen LogP contribution in [0, 0.1) is 5.82 Å². The van der Waals surface area contributed by atoms with Gasteiger partial charge in [-0.2, -0.15) is 5.10 Å². The van der Waals surface area contributed by atoms with Crippen LogP contribution in [-0.2, 0) is 13.2 Å². The minimum atomic E-state index is -0.650. The van der Waals surface area contributed by atoms with Gasteiger partial charge in [0.1, 0.15) is 18.8 Å². The maximum Gasteiger partial charge on any atom is 0.160 e. The Labute approximate surface area is 112 Å². The van der Waals surface area contributed by atoms with Crippen molar-refractivity contribution in [3.63, 3.8) is 0 Å². The van der Waals surface area contributed by atoms with Crippen molar-refractivity contribution in [2.24, 2.45) is 0 Å². The molecule has 0 unspecified atom stereocenters. The van der Waals surface area contributed by atoms with E-state index in [1.54, 1.807) is 21.6 Å². The summed E-state index contributed by atoms with van der Waals surface area (Å²) >= 11 is 0. The van der Waals surface area contributed by atoms with E-state index >= 15 is 0 Å². The van der Waals surface area contributed by atoms with Crippen LogP contribution in [0.3, 0.4) is 0 Å². The van der Waals surface area contributed by atoms with E-state index in [2.05, 4.69) is 15.1 Å². The lowest BCUT2D eigenvalue weighted by atomic mass is 10.1. The Balaban J connectivity index is 2.09. The van der Waals surface area contributed by atoms with Crippen molar-refractivity contribution in [2.75, 3.05) is 0 Å². The van der Waals surface area contributed by atoms with Crippen molar-refractivity contribution in [1.29, 1.82) is 0 Å². The Kier molecular flexibility index (Phi) is 2.23. The Bertz CT molecular complexity index is 805. The maximum absolute atomic E-state index is 13.5. The molecule has 3 heterocycles. The summed E-state index contributed by atoms with van der Waals surface area (Å²) in [4.78, 5) is 8.24. The Morgan fingerprint density at radius 1 is 1.25 bits per heavy atom. The zero-order valence-electron chi connectivity index (χ0n) is 10.3. The molecule has 2 aromatic heterocycles. The van der Waals surface area contributed by atoms with Gasteiger partial charge in [0.05, 0.1) is 29.9 Å². The Morgan fingerprint density at radius 3 is 3.00 bits per heavy atom. The number of nitrogens with zero attached hydrogens (tertiary/aromatic N) is 5. The first-order valence-corrected chi connectivity index (χ1v) is 6.07. The van der Waals surface area contributed by atoms with E-state index in [0.29, 0.717) is 29.3 Å². The molecule has 0 fully saturated rings. The highest BCUT2D eigenvalue weighted by molar-refractivity contribution is 5.69. The first kappa shape index (κ1) is 11.3. The molecular weight excluding hydrogens is 264 g/mol. The highest BCUT2D eigenvalue weighted by Gasteiger charge is 2.23. The predicted octanol–water partition coefficient (Wildman–Crippen LogP) is 2.10. The second-order valence-electron chi connectivity index (χ2n) is 4.54. The van der Waals surface area contributed by atoms with Crippen LogP contribution in [0.2, 0.25) is 0 Å². The van der Waals surface area contributed by atoms with E-state index < -0.39 is 6.67 Å². The molecule has 1 aliphatic heterocycles. The highest BCUT2D eigenvalue weighted by atomic mass is 19.1. The third-order valence-corrected chi connectivity index (χ3v) is 3.45. The first-order valence-electron chi connectivity index (χ1n) is 6.07. The number of hydrogen-bond donors (Lipinski definition) is 0. The molecule has 1 aromatic carbocycles. The van der Waals surface area contributed by atoms with Crippen LogP contribution in [0.15, 0.2) is 30.9 Å². The lowest BCUT2D eigenvalue weighted by molar-refractivity contribution is 0.471. The normalized spacial score (nSPS) is 12.5. The minimum Gasteiger partial charge on any atom is -0.300 e.